The van der Waals surface area contributed by atoms with E-state index >= 15 is 0 Å². The minimum absolute atomic E-state index is 0.115. The summed E-state index contributed by atoms with van der Waals surface area (Å²) < 4.78 is 2.76. The van der Waals surface area contributed by atoms with Crippen LogP contribution in [0.15, 0.2) is 212 Å². The van der Waals surface area contributed by atoms with Gasteiger partial charge in [0, 0.05) is 83.3 Å². The first-order chi connectivity index (χ1) is 37.8. The van der Waals surface area contributed by atoms with E-state index in [0.29, 0.717) is 0 Å². The molecular formula is C71H51B2N4. The molecule has 5 heterocycles. The zero-order valence-corrected chi connectivity index (χ0v) is 43.7. The van der Waals surface area contributed by atoms with Gasteiger partial charge in [-0.25, -0.2) is 0 Å². The predicted octanol–water partition coefficient (Wildman–Crippen LogP) is 15.8. The molecule has 0 atom stereocenters. The van der Waals surface area contributed by atoms with Crippen molar-refractivity contribution < 1.29 is 0 Å². The molecule has 2 aromatic heterocycles. The highest BCUT2D eigenvalue weighted by atomic mass is 15.2. The van der Waals surface area contributed by atoms with Crippen LogP contribution in [0.25, 0.3) is 88.1 Å². The molecule has 1 N–H and O–H groups in total. The zero-order chi connectivity index (χ0) is 51.4. The smallest absolute Gasteiger partial charge is 0.333 e. The number of fused-ring (bicyclic) bond motifs is 13. The van der Waals surface area contributed by atoms with Gasteiger partial charge in [-0.15, -0.1) is 0 Å². The number of para-hydroxylation sites is 4. The summed E-state index contributed by atoms with van der Waals surface area (Å²) in [6, 6.07) is 79.8. The average molecular weight is 982 g/mol. The van der Waals surface area contributed by atoms with Gasteiger partial charge in [-0.1, -0.05) is 151 Å². The van der Waals surface area contributed by atoms with Crippen LogP contribution >= 0.6 is 0 Å². The Morgan fingerprint density at radius 2 is 1.01 bits per heavy atom. The molecule has 0 fully saturated rings. The molecule has 361 valence electrons. The molecular weight excluding hydrogens is 930 g/mol. The summed E-state index contributed by atoms with van der Waals surface area (Å²) in [4.78, 5) is 9.21. The molecule has 1 radical (unpaired) electrons. The molecule has 0 bridgehead atoms. The number of aromatic nitrogens is 2. The molecule has 0 saturated carbocycles. The van der Waals surface area contributed by atoms with Crippen LogP contribution in [0.1, 0.15) is 27.8 Å². The Balaban J connectivity index is 1.12. The van der Waals surface area contributed by atoms with Crippen LogP contribution in [0.5, 0.6) is 0 Å². The monoisotopic (exact) mass is 981 g/mol. The highest BCUT2D eigenvalue weighted by Gasteiger charge is 2.44. The summed E-state index contributed by atoms with van der Waals surface area (Å²) in [5, 5.41) is 4.98. The fourth-order valence-electron chi connectivity index (χ4n) is 14.4. The van der Waals surface area contributed by atoms with Crippen molar-refractivity contribution in [2.45, 2.75) is 34.6 Å². The van der Waals surface area contributed by atoms with E-state index in [0.717, 1.165) is 28.1 Å². The van der Waals surface area contributed by atoms with Crippen LogP contribution in [-0.4, -0.2) is 23.6 Å². The highest BCUT2D eigenvalue weighted by Crippen LogP contribution is 2.54. The Labute approximate surface area is 449 Å². The number of anilines is 6. The fraction of sp³-hybridized carbons (Fsp3) is 0.0704. The Hall–Kier alpha value is -9.25. The van der Waals surface area contributed by atoms with Gasteiger partial charge in [0.15, 0.2) is 7.28 Å². The summed E-state index contributed by atoms with van der Waals surface area (Å²) >= 11 is 0. The van der Waals surface area contributed by atoms with Gasteiger partial charge in [0.05, 0.1) is 5.52 Å². The van der Waals surface area contributed by atoms with E-state index in [1.807, 2.05) is 0 Å². The van der Waals surface area contributed by atoms with Gasteiger partial charge >= 0.3 is 6.85 Å². The number of rotatable bonds is 5. The van der Waals surface area contributed by atoms with E-state index in [1.54, 1.807) is 0 Å². The van der Waals surface area contributed by atoms with Crippen LogP contribution in [-0.2, 0) is 0 Å². The standard InChI is InChI=1S/C71H51B2N4/c1-41-37-44(4)63(45(5)38-41)47-34-36-57-53(40-47)67-64(50-25-17-31-60-68(50)72-54-27-12-14-29-58(54)75(60)48-21-8-6-9-22-48)70-65(52-39-46(33-35-56(52)74-70)62-42(2)19-16-20-43(62)3)66-51-26-18-32-61-69(51)73(77(57)71(66)67)55-28-13-15-30-59(55)76(61)49-23-10-7-11-24-49/h6-40,74H,1-5H3. The first kappa shape index (κ1) is 44.1. The largest absolute Gasteiger partial charge is 0.375 e. The molecule has 3 aliphatic rings. The van der Waals surface area contributed by atoms with Crippen LogP contribution in [0.4, 0.5) is 34.1 Å². The maximum Gasteiger partial charge on any atom is 0.333 e. The van der Waals surface area contributed by atoms with Gasteiger partial charge in [-0.05, 0) is 179 Å². The third kappa shape index (κ3) is 6.18. The van der Waals surface area contributed by atoms with Crippen molar-refractivity contribution in [1.29, 1.82) is 0 Å². The lowest BCUT2D eigenvalue weighted by Gasteiger charge is -2.40. The molecule has 6 heteroatoms. The van der Waals surface area contributed by atoms with Crippen molar-refractivity contribution in [1.82, 2.24) is 9.46 Å². The third-order valence-corrected chi connectivity index (χ3v) is 17.2. The normalized spacial score (nSPS) is 13.0. The lowest BCUT2D eigenvalue weighted by atomic mass is 9.45. The van der Waals surface area contributed by atoms with E-state index in [-0.39, 0.29) is 6.85 Å². The van der Waals surface area contributed by atoms with Crippen molar-refractivity contribution in [3.8, 4) is 44.5 Å². The SMILES string of the molecule is Cc1cc(C)c(-c2ccc3c(c2)c2c(-c4cccc5c4[B]c4ccccc4N5c4ccccc4)c4[nH]c5ccc(-c6c(C)cccc6C)cc5c4c4c2n3B2c3ccccc3N(c3ccccc3)c3cccc-4c32)c(C)c1. The minimum atomic E-state index is -0.115. The Morgan fingerprint density at radius 3 is 1.75 bits per heavy atom. The highest BCUT2D eigenvalue weighted by molar-refractivity contribution is 6.90. The molecule has 13 aromatic rings. The number of H-pyrrole nitrogens is 1. The van der Waals surface area contributed by atoms with Gasteiger partial charge in [0.2, 0.25) is 0 Å². The van der Waals surface area contributed by atoms with E-state index in [4.69, 9.17) is 0 Å². The van der Waals surface area contributed by atoms with Crippen molar-refractivity contribution in [2.75, 3.05) is 9.80 Å². The summed E-state index contributed by atoms with van der Waals surface area (Å²) in [5.74, 6) is 0. The molecule has 3 aliphatic heterocycles. The minimum Gasteiger partial charge on any atom is -0.375 e. The number of aryl methyl sites for hydroxylation is 5. The van der Waals surface area contributed by atoms with Crippen molar-refractivity contribution in [3.05, 3.63) is 240 Å². The van der Waals surface area contributed by atoms with Crippen molar-refractivity contribution in [2.24, 2.45) is 0 Å². The van der Waals surface area contributed by atoms with Crippen molar-refractivity contribution in [3.63, 3.8) is 0 Å². The maximum absolute atomic E-state index is 4.25. The Morgan fingerprint density at radius 1 is 0.429 bits per heavy atom. The number of hydrogen-bond donors (Lipinski definition) is 1. The lowest BCUT2D eigenvalue weighted by Crippen LogP contribution is -2.56. The molecule has 16 rings (SSSR count). The number of aromatic amines is 1. The van der Waals surface area contributed by atoms with Gasteiger partial charge < -0.3 is 19.3 Å². The molecule has 0 spiro atoms. The van der Waals surface area contributed by atoms with Crippen LogP contribution in [0, 0.1) is 34.6 Å². The number of hydrogen-bond acceptors (Lipinski definition) is 2. The predicted molar refractivity (Wildman–Crippen MR) is 329 cm³/mol. The second kappa shape index (κ2) is 16.4. The average Bonchev–Trinajstić information content (AvgIpc) is 3.37. The van der Waals surface area contributed by atoms with E-state index < -0.39 is 0 Å². The topological polar surface area (TPSA) is 27.2 Å². The first-order valence-corrected chi connectivity index (χ1v) is 27.0. The second-order valence-corrected chi connectivity index (χ2v) is 21.7. The molecule has 77 heavy (non-hydrogen) atoms. The molecule has 0 unspecified atom stereocenters. The lowest BCUT2D eigenvalue weighted by molar-refractivity contribution is 1.26. The molecule has 0 saturated heterocycles. The van der Waals surface area contributed by atoms with Crippen molar-refractivity contribution >= 4 is 114 Å². The Bertz CT molecular complexity index is 4640. The first-order valence-electron chi connectivity index (χ1n) is 27.0. The zero-order valence-electron chi connectivity index (χ0n) is 43.7. The Kier molecular flexibility index (Phi) is 9.37. The van der Waals surface area contributed by atoms with Gasteiger partial charge in [-0.2, -0.15) is 0 Å². The second-order valence-electron chi connectivity index (χ2n) is 21.7. The summed E-state index contributed by atoms with van der Waals surface area (Å²) in [5.41, 5.74) is 33.2. The number of nitrogens with zero attached hydrogens (tertiary/aromatic N) is 3. The molecule has 4 nitrogen and oxygen atoms in total. The molecule has 0 amide bonds. The van der Waals surface area contributed by atoms with Crippen LogP contribution in [0.2, 0.25) is 0 Å². The van der Waals surface area contributed by atoms with E-state index in [9.17, 15) is 0 Å². The number of nitrogens with one attached hydrogen (secondary N) is 1. The summed E-state index contributed by atoms with van der Waals surface area (Å²) in [7, 11) is 2.44. The van der Waals surface area contributed by atoms with Crippen LogP contribution < -0.4 is 31.7 Å². The quantitative estimate of drug-likeness (QED) is 0.174. The fourth-order valence-corrected chi connectivity index (χ4v) is 14.4. The van der Waals surface area contributed by atoms with Gasteiger partial charge in [0.1, 0.15) is 0 Å². The van der Waals surface area contributed by atoms with Crippen LogP contribution in [0.3, 0.4) is 0 Å². The van der Waals surface area contributed by atoms with E-state index in [1.165, 1.54) is 144 Å². The molecule has 0 aliphatic carbocycles. The van der Waals surface area contributed by atoms with E-state index in [2.05, 4.69) is 273 Å². The maximum atomic E-state index is 4.25. The van der Waals surface area contributed by atoms with Gasteiger partial charge in [-0.3, -0.25) is 0 Å². The third-order valence-electron chi connectivity index (χ3n) is 17.2. The molecule has 11 aromatic carbocycles. The number of benzene rings is 11. The summed E-state index contributed by atoms with van der Waals surface area (Å²) in [6.07, 6.45) is 0. The summed E-state index contributed by atoms with van der Waals surface area (Å²) in [6.45, 7) is 11.1. The van der Waals surface area contributed by atoms with Gasteiger partial charge in [0.25, 0.3) is 0 Å².